The maximum Gasteiger partial charge on any atom is 0.261 e. The molecule has 3 saturated carbocycles. The van der Waals surface area contributed by atoms with Gasteiger partial charge in [0.1, 0.15) is 0 Å². The van der Waals surface area contributed by atoms with Gasteiger partial charge < -0.3 is 5.32 Å². The Balaban J connectivity index is 1.41. The van der Waals surface area contributed by atoms with Gasteiger partial charge in [0.05, 0.1) is 0 Å². The SMILES string of the molecule is CC(C)(C)NC(=O)C1CCC2C3CC[C@H]4N(C(=O)c5ccccc5)C(=O)C=C[C@]4(C)C3CC[C@]12C. The first-order valence-electron chi connectivity index (χ1n) is 13.4. The maximum atomic E-state index is 13.5. The predicted octanol–water partition coefficient (Wildman–Crippen LogP) is 5.37. The summed E-state index contributed by atoms with van der Waals surface area (Å²) in [4.78, 5) is 41.3. The van der Waals surface area contributed by atoms with Crippen LogP contribution in [0.1, 0.15) is 83.5 Å². The second kappa shape index (κ2) is 8.31. The smallest absolute Gasteiger partial charge is 0.261 e. The van der Waals surface area contributed by atoms with E-state index in [1.165, 1.54) is 0 Å². The molecule has 4 aliphatic rings. The van der Waals surface area contributed by atoms with Crippen LogP contribution in [0.3, 0.4) is 0 Å². The van der Waals surface area contributed by atoms with E-state index in [4.69, 9.17) is 0 Å². The number of carbonyl (C=O) groups is 3. The van der Waals surface area contributed by atoms with Gasteiger partial charge in [0, 0.05) is 34.6 Å². The van der Waals surface area contributed by atoms with E-state index in [0.29, 0.717) is 23.3 Å². The number of fused-ring (bicyclic) bond motifs is 5. The van der Waals surface area contributed by atoms with Gasteiger partial charge in [-0.3, -0.25) is 19.3 Å². The van der Waals surface area contributed by atoms with Crippen molar-refractivity contribution in [1.82, 2.24) is 10.2 Å². The predicted molar refractivity (Wildman–Crippen MR) is 136 cm³/mol. The van der Waals surface area contributed by atoms with Crippen LogP contribution in [0.5, 0.6) is 0 Å². The molecule has 0 aromatic heterocycles. The Morgan fingerprint density at radius 2 is 1.69 bits per heavy atom. The van der Waals surface area contributed by atoms with Crippen LogP contribution < -0.4 is 5.32 Å². The second-order valence-electron chi connectivity index (χ2n) is 13.0. The highest BCUT2D eigenvalue weighted by Gasteiger charge is 2.62. The lowest BCUT2D eigenvalue weighted by Gasteiger charge is -2.60. The summed E-state index contributed by atoms with van der Waals surface area (Å²) in [5.74, 6) is 1.35. The number of nitrogens with one attached hydrogen (secondary N) is 1. The molecule has 3 amide bonds. The fourth-order valence-electron chi connectivity index (χ4n) is 8.35. The molecule has 5 nitrogen and oxygen atoms in total. The van der Waals surface area contributed by atoms with Crippen LogP contribution >= 0.6 is 0 Å². The van der Waals surface area contributed by atoms with Gasteiger partial charge in [-0.1, -0.05) is 38.1 Å². The molecule has 1 N–H and O–H groups in total. The minimum atomic E-state index is -0.228. The number of hydrogen-bond donors (Lipinski definition) is 1. The lowest BCUT2D eigenvalue weighted by molar-refractivity contribution is -0.141. The fraction of sp³-hybridized carbons (Fsp3) is 0.633. The molecule has 1 aliphatic heterocycles. The average molecular weight is 477 g/mol. The van der Waals surface area contributed by atoms with Crippen LogP contribution in [-0.2, 0) is 9.59 Å². The largest absolute Gasteiger partial charge is 0.351 e. The van der Waals surface area contributed by atoms with E-state index >= 15 is 0 Å². The minimum absolute atomic E-state index is 0.0213. The van der Waals surface area contributed by atoms with Gasteiger partial charge in [0.2, 0.25) is 5.91 Å². The molecule has 3 fully saturated rings. The number of nitrogens with zero attached hydrogens (tertiary/aromatic N) is 1. The number of amides is 3. The molecule has 7 atom stereocenters. The van der Waals surface area contributed by atoms with Crippen molar-refractivity contribution in [3.8, 4) is 0 Å². The van der Waals surface area contributed by atoms with E-state index in [9.17, 15) is 14.4 Å². The summed E-state index contributed by atoms with van der Waals surface area (Å²) in [6, 6.07) is 9.07. The Morgan fingerprint density at radius 1 is 0.971 bits per heavy atom. The van der Waals surface area contributed by atoms with Crippen LogP contribution in [0.25, 0.3) is 0 Å². The van der Waals surface area contributed by atoms with Gasteiger partial charge in [0.15, 0.2) is 0 Å². The minimum Gasteiger partial charge on any atom is -0.351 e. The zero-order chi connectivity index (χ0) is 25.2. The van der Waals surface area contributed by atoms with E-state index in [2.05, 4.69) is 46.0 Å². The van der Waals surface area contributed by atoms with Crippen LogP contribution in [0, 0.1) is 34.5 Å². The quantitative estimate of drug-likeness (QED) is 0.584. The monoisotopic (exact) mass is 476 g/mol. The third kappa shape index (κ3) is 3.86. The second-order valence-corrected chi connectivity index (χ2v) is 13.0. The molecule has 4 unspecified atom stereocenters. The van der Waals surface area contributed by atoms with Crippen LogP contribution in [0.15, 0.2) is 42.5 Å². The van der Waals surface area contributed by atoms with Gasteiger partial charge in [0.25, 0.3) is 11.8 Å². The highest BCUT2D eigenvalue weighted by Crippen LogP contribution is 2.65. The zero-order valence-corrected chi connectivity index (χ0v) is 21.8. The number of imide groups is 1. The van der Waals surface area contributed by atoms with Crippen molar-refractivity contribution in [3.05, 3.63) is 48.0 Å². The molecular weight excluding hydrogens is 436 g/mol. The maximum absolute atomic E-state index is 13.5. The summed E-state index contributed by atoms with van der Waals surface area (Å²) in [5.41, 5.74) is 0.143. The summed E-state index contributed by atoms with van der Waals surface area (Å²) in [6.07, 6.45) is 9.72. The molecule has 188 valence electrons. The van der Waals surface area contributed by atoms with E-state index in [1.807, 2.05) is 18.2 Å². The molecule has 5 heteroatoms. The Labute approximate surface area is 209 Å². The molecule has 0 spiro atoms. The Morgan fingerprint density at radius 3 is 2.37 bits per heavy atom. The number of benzene rings is 1. The molecule has 0 bridgehead atoms. The first kappa shape index (κ1) is 24.3. The zero-order valence-electron chi connectivity index (χ0n) is 21.8. The molecule has 0 saturated heterocycles. The fourth-order valence-corrected chi connectivity index (χ4v) is 8.35. The van der Waals surface area contributed by atoms with Gasteiger partial charge in [-0.25, -0.2) is 0 Å². The molecule has 35 heavy (non-hydrogen) atoms. The first-order chi connectivity index (χ1) is 16.5. The van der Waals surface area contributed by atoms with Crippen molar-refractivity contribution in [2.24, 2.45) is 34.5 Å². The van der Waals surface area contributed by atoms with Crippen molar-refractivity contribution >= 4 is 17.7 Å². The van der Waals surface area contributed by atoms with E-state index in [1.54, 1.807) is 23.1 Å². The lowest BCUT2D eigenvalue weighted by Crippen LogP contribution is -2.62. The van der Waals surface area contributed by atoms with Crippen LogP contribution in [-0.4, -0.2) is 34.2 Å². The highest BCUT2D eigenvalue weighted by molar-refractivity contribution is 6.09. The number of hydrogen-bond acceptors (Lipinski definition) is 3. The molecule has 1 aromatic rings. The van der Waals surface area contributed by atoms with E-state index in [0.717, 1.165) is 38.5 Å². The summed E-state index contributed by atoms with van der Waals surface area (Å²) in [5, 5.41) is 3.25. The van der Waals surface area contributed by atoms with Gasteiger partial charge in [-0.05, 0) is 94.6 Å². The normalized spacial score (nSPS) is 38.4. The molecule has 0 radical (unpaired) electrons. The lowest BCUT2D eigenvalue weighted by atomic mass is 9.47. The third-order valence-electron chi connectivity index (χ3n) is 9.92. The topological polar surface area (TPSA) is 66.5 Å². The van der Waals surface area contributed by atoms with Crippen LogP contribution in [0.2, 0.25) is 0 Å². The number of rotatable bonds is 2. The summed E-state index contributed by atoms with van der Waals surface area (Å²) < 4.78 is 0. The van der Waals surface area contributed by atoms with Gasteiger partial charge in [-0.15, -0.1) is 0 Å². The standard InChI is InChI=1S/C30H40N2O3/c1-28(2,3)31-26(34)23-13-12-21-20-11-14-24-30(5,22(20)15-17-29(21,23)4)18-16-25(33)32(24)27(35)19-9-7-6-8-10-19/h6-10,16,18,20-24H,11-15,17H2,1-5H3,(H,31,34)/t20?,21?,22?,23?,24-,29+,30-/m1/s1. The summed E-state index contributed by atoms with van der Waals surface area (Å²) >= 11 is 0. The van der Waals surface area contributed by atoms with Crippen molar-refractivity contribution in [3.63, 3.8) is 0 Å². The van der Waals surface area contributed by atoms with Crippen molar-refractivity contribution in [2.45, 2.75) is 84.7 Å². The van der Waals surface area contributed by atoms with E-state index < -0.39 is 0 Å². The van der Waals surface area contributed by atoms with Crippen molar-refractivity contribution in [1.29, 1.82) is 0 Å². The molecule has 1 heterocycles. The third-order valence-corrected chi connectivity index (χ3v) is 9.92. The van der Waals surface area contributed by atoms with E-state index in [-0.39, 0.29) is 46.1 Å². The Bertz CT molecular complexity index is 1060. The molecule has 5 rings (SSSR count). The molecule has 1 aromatic carbocycles. The Hall–Kier alpha value is -2.43. The molecular formula is C30H40N2O3. The number of carbonyl (C=O) groups excluding carboxylic acids is 3. The van der Waals surface area contributed by atoms with Gasteiger partial charge in [-0.2, -0.15) is 0 Å². The van der Waals surface area contributed by atoms with Crippen molar-refractivity contribution < 1.29 is 14.4 Å². The summed E-state index contributed by atoms with van der Waals surface area (Å²) in [7, 11) is 0. The molecule has 3 aliphatic carbocycles. The van der Waals surface area contributed by atoms with Crippen LogP contribution in [0.4, 0.5) is 0 Å². The first-order valence-corrected chi connectivity index (χ1v) is 13.4. The highest BCUT2D eigenvalue weighted by atomic mass is 16.2. The van der Waals surface area contributed by atoms with Gasteiger partial charge >= 0.3 is 0 Å². The average Bonchev–Trinajstić information content (AvgIpc) is 3.16. The van der Waals surface area contributed by atoms with Crippen molar-refractivity contribution in [2.75, 3.05) is 0 Å². The summed E-state index contributed by atoms with van der Waals surface area (Å²) in [6.45, 7) is 10.8. The Kier molecular flexibility index (Phi) is 5.77.